The van der Waals surface area contributed by atoms with Gasteiger partial charge in [0.05, 0.1) is 0 Å². The second-order valence-electron chi connectivity index (χ2n) is 4.99. The molecule has 1 heterocycles. The van der Waals surface area contributed by atoms with Crippen LogP contribution in [0.15, 0.2) is 0 Å². The number of urea groups is 1. The average Bonchev–Trinajstić information content (AvgIpc) is 3.22. The quantitative estimate of drug-likeness (QED) is 0.679. The van der Waals surface area contributed by atoms with E-state index in [2.05, 4.69) is 15.0 Å². The summed E-state index contributed by atoms with van der Waals surface area (Å²) in [5.74, 6) is -1.78. The van der Waals surface area contributed by atoms with Gasteiger partial charge >= 0.3 is 12.0 Å². The molecule has 2 rings (SSSR count). The molecule has 3 amide bonds. The van der Waals surface area contributed by atoms with Crippen molar-refractivity contribution in [2.45, 2.75) is 18.9 Å². The Morgan fingerprint density at radius 3 is 2.30 bits per heavy atom. The Hall–Kier alpha value is -1.67. The smallest absolute Gasteiger partial charge is 0.329 e. The molecule has 0 aromatic carbocycles. The second-order valence-corrected chi connectivity index (χ2v) is 4.99. The fourth-order valence-electron chi connectivity index (χ4n) is 2.20. The molecule has 1 saturated heterocycles. The maximum absolute atomic E-state index is 11.8. The lowest BCUT2D eigenvalue weighted by Gasteiger charge is -2.34. The van der Waals surface area contributed by atoms with Gasteiger partial charge in [-0.05, 0) is 12.8 Å². The molecule has 0 aromatic heterocycles. The number of nitrogens with one attached hydrogen (secondary N) is 1. The van der Waals surface area contributed by atoms with Crippen molar-refractivity contribution in [1.82, 2.24) is 15.1 Å². The molecule has 0 atom stereocenters. The van der Waals surface area contributed by atoms with Gasteiger partial charge in [-0.2, -0.15) is 0 Å². The lowest BCUT2D eigenvalue weighted by Crippen LogP contribution is -2.53. The maximum atomic E-state index is 11.8. The number of nitrogens with zero attached hydrogens (tertiary/aromatic N) is 2. The fourth-order valence-corrected chi connectivity index (χ4v) is 2.20. The van der Waals surface area contributed by atoms with Crippen molar-refractivity contribution in [2.24, 2.45) is 0 Å². The summed E-state index contributed by atoms with van der Waals surface area (Å²) < 4.78 is 4.61. The minimum Gasteiger partial charge on any atom is -0.480 e. The normalized spacial score (nSPS) is 19.7. The largest absolute Gasteiger partial charge is 0.480 e. The summed E-state index contributed by atoms with van der Waals surface area (Å²) in [5.41, 5.74) is 0. The number of rotatable bonds is 5. The van der Waals surface area contributed by atoms with Gasteiger partial charge in [-0.3, -0.25) is 15.0 Å². The Balaban J connectivity index is 1.64. The van der Waals surface area contributed by atoms with E-state index in [4.69, 9.17) is 5.11 Å². The summed E-state index contributed by atoms with van der Waals surface area (Å²) in [4.78, 5) is 37.3. The van der Waals surface area contributed by atoms with Crippen LogP contribution in [0.25, 0.3) is 0 Å². The van der Waals surface area contributed by atoms with Crippen LogP contribution in [0.4, 0.5) is 4.79 Å². The maximum Gasteiger partial charge on any atom is 0.329 e. The average molecular weight is 285 g/mol. The van der Waals surface area contributed by atoms with Crippen LogP contribution in [-0.2, 0) is 14.3 Å². The van der Waals surface area contributed by atoms with E-state index in [1.807, 2.05) is 0 Å². The number of aliphatic carboxylic acids is 1. The Morgan fingerprint density at radius 2 is 1.75 bits per heavy atom. The predicted molar refractivity (Wildman–Crippen MR) is 68.2 cm³/mol. The number of amides is 3. The highest BCUT2D eigenvalue weighted by molar-refractivity contribution is 5.95. The predicted octanol–water partition coefficient (Wildman–Crippen LogP) is -0.896. The number of ether oxygens (including phenoxy) is 1. The molecule has 0 radical (unpaired) electrons. The molecule has 0 spiro atoms. The van der Waals surface area contributed by atoms with Gasteiger partial charge in [0.1, 0.15) is 13.2 Å². The first-order chi connectivity index (χ1) is 9.56. The lowest BCUT2D eigenvalue weighted by atomic mass is 10.3. The third-order valence-corrected chi connectivity index (χ3v) is 3.37. The number of carboxylic acid groups (broad SMARTS) is 1. The molecule has 0 bridgehead atoms. The molecule has 8 nitrogen and oxygen atoms in total. The summed E-state index contributed by atoms with van der Waals surface area (Å²) in [6.07, 6.45) is 2.48. The molecular formula is C12H19N3O5. The highest BCUT2D eigenvalue weighted by atomic mass is 16.5. The second kappa shape index (κ2) is 6.67. The van der Waals surface area contributed by atoms with Gasteiger partial charge in [-0.25, -0.2) is 9.59 Å². The number of carbonyl (C=O) groups excluding carboxylic acids is 2. The van der Waals surface area contributed by atoms with Gasteiger partial charge in [0.15, 0.2) is 0 Å². The number of imide groups is 1. The Morgan fingerprint density at radius 1 is 1.10 bits per heavy atom. The first kappa shape index (κ1) is 14.7. The number of carboxylic acids is 1. The molecule has 1 saturated carbocycles. The number of hydrogen-bond donors (Lipinski definition) is 2. The summed E-state index contributed by atoms with van der Waals surface area (Å²) in [5, 5.41) is 10.5. The van der Waals surface area contributed by atoms with Crippen molar-refractivity contribution in [3.63, 3.8) is 0 Å². The van der Waals surface area contributed by atoms with E-state index in [-0.39, 0.29) is 0 Å². The molecule has 8 heteroatoms. The van der Waals surface area contributed by atoms with E-state index in [1.165, 1.54) is 12.8 Å². The molecule has 2 fully saturated rings. The van der Waals surface area contributed by atoms with Gasteiger partial charge in [-0.1, -0.05) is 0 Å². The molecule has 1 aliphatic heterocycles. The van der Waals surface area contributed by atoms with Crippen LogP contribution in [0, 0.1) is 0 Å². The molecule has 1 aliphatic carbocycles. The zero-order valence-electron chi connectivity index (χ0n) is 11.2. The van der Waals surface area contributed by atoms with E-state index in [1.54, 1.807) is 4.90 Å². The van der Waals surface area contributed by atoms with Crippen LogP contribution in [0.3, 0.4) is 0 Å². The van der Waals surface area contributed by atoms with Gasteiger partial charge in [0, 0.05) is 32.2 Å². The van der Waals surface area contributed by atoms with Crippen LogP contribution in [-0.4, -0.2) is 78.2 Å². The van der Waals surface area contributed by atoms with E-state index >= 15 is 0 Å². The van der Waals surface area contributed by atoms with Crippen LogP contribution < -0.4 is 5.32 Å². The molecule has 20 heavy (non-hydrogen) atoms. The number of piperazine rings is 1. The Labute approximate surface area is 116 Å². The van der Waals surface area contributed by atoms with Crippen LogP contribution >= 0.6 is 0 Å². The summed E-state index contributed by atoms with van der Waals surface area (Å²) >= 11 is 0. The van der Waals surface area contributed by atoms with Crippen molar-refractivity contribution in [3.8, 4) is 0 Å². The number of hydrogen-bond acceptors (Lipinski definition) is 5. The van der Waals surface area contributed by atoms with Crippen molar-refractivity contribution < 1.29 is 24.2 Å². The minimum atomic E-state index is -1.15. The van der Waals surface area contributed by atoms with Gasteiger partial charge in [-0.15, -0.1) is 0 Å². The monoisotopic (exact) mass is 285 g/mol. The first-order valence-electron chi connectivity index (χ1n) is 6.68. The molecule has 112 valence electrons. The standard InChI is InChI=1S/C12H19N3O5/c16-10(7-20-8-11(17)18)13-12(19)15-5-3-14(4-6-15)9-1-2-9/h9H,1-8H2,(H,17,18)(H,13,16,19). The first-order valence-corrected chi connectivity index (χ1v) is 6.68. The molecule has 0 unspecified atom stereocenters. The molecule has 0 aromatic rings. The zero-order valence-corrected chi connectivity index (χ0v) is 11.2. The fraction of sp³-hybridized carbons (Fsp3) is 0.750. The van der Waals surface area contributed by atoms with Crippen LogP contribution in [0.2, 0.25) is 0 Å². The number of carbonyl (C=O) groups is 3. The van der Waals surface area contributed by atoms with E-state index < -0.39 is 31.1 Å². The molecule has 2 N–H and O–H groups in total. The van der Waals surface area contributed by atoms with Crippen LogP contribution in [0.1, 0.15) is 12.8 Å². The third-order valence-electron chi connectivity index (χ3n) is 3.37. The Bertz CT molecular complexity index is 389. The summed E-state index contributed by atoms with van der Waals surface area (Å²) in [7, 11) is 0. The van der Waals surface area contributed by atoms with Crippen molar-refractivity contribution in [2.75, 3.05) is 39.4 Å². The summed E-state index contributed by atoms with van der Waals surface area (Å²) in [6.45, 7) is 1.89. The lowest BCUT2D eigenvalue weighted by molar-refractivity contribution is -0.143. The van der Waals surface area contributed by atoms with Gasteiger partial charge in [0.25, 0.3) is 5.91 Å². The van der Waals surface area contributed by atoms with Crippen molar-refractivity contribution >= 4 is 17.9 Å². The minimum absolute atomic E-state index is 0.430. The van der Waals surface area contributed by atoms with Crippen molar-refractivity contribution in [1.29, 1.82) is 0 Å². The zero-order chi connectivity index (χ0) is 14.5. The topological polar surface area (TPSA) is 99.2 Å². The third kappa shape index (κ3) is 4.46. The highest BCUT2D eigenvalue weighted by Gasteiger charge is 2.32. The summed E-state index contributed by atoms with van der Waals surface area (Å²) in [6, 6.07) is 0.246. The highest BCUT2D eigenvalue weighted by Crippen LogP contribution is 2.27. The molecule has 2 aliphatic rings. The van der Waals surface area contributed by atoms with Crippen molar-refractivity contribution in [3.05, 3.63) is 0 Å². The SMILES string of the molecule is O=C(O)COCC(=O)NC(=O)N1CCN(C2CC2)CC1. The van der Waals surface area contributed by atoms with Gasteiger partial charge in [0.2, 0.25) is 0 Å². The van der Waals surface area contributed by atoms with E-state index in [9.17, 15) is 14.4 Å². The molecular weight excluding hydrogens is 266 g/mol. The van der Waals surface area contributed by atoms with E-state index in [0.29, 0.717) is 19.1 Å². The van der Waals surface area contributed by atoms with Gasteiger partial charge < -0.3 is 14.7 Å². The Kier molecular flexibility index (Phi) is 4.91. The van der Waals surface area contributed by atoms with Crippen LogP contribution in [0.5, 0.6) is 0 Å². The van der Waals surface area contributed by atoms with E-state index in [0.717, 1.165) is 13.1 Å².